The standard InChI is InChI=1S/C21H23NO4/c1-20(2,3)26-19(24)22-17-9-10-21(22)11-12-25-18(23)16(21)13-15(17)14-7-5-4-6-8-14/h4-10,13,15,17H,11-12H2,1-3H3/t15-,17-,21-/m0/s1. The van der Waals surface area contributed by atoms with Crippen LogP contribution in [0.2, 0.25) is 0 Å². The number of fused-ring (bicyclic) bond motifs is 1. The van der Waals surface area contributed by atoms with Crippen LogP contribution in [0.1, 0.15) is 38.7 Å². The second kappa shape index (κ2) is 5.73. The fraction of sp³-hybridized carbons (Fsp3) is 0.429. The van der Waals surface area contributed by atoms with Crippen molar-refractivity contribution in [1.29, 1.82) is 0 Å². The Hall–Kier alpha value is -2.56. The highest BCUT2D eigenvalue weighted by Gasteiger charge is 2.57. The van der Waals surface area contributed by atoms with Gasteiger partial charge in [-0.05, 0) is 26.3 Å². The van der Waals surface area contributed by atoms with Crippen molar-refractivity contribution < 1.29 is 19.1 Å². The maximum atomic E-state index is 13.1. The van der Waals surface area contributed by atoms with Crippen molar-refractivity contribution in [2.75, 3.05) is 6.61 Å². The Morgan fingerprint density at radius 3 is 2.69 bits per heavy atom. The number of benzene rings is 1. The fourth-order valence-corrected chi connectivity index (χ4v) is 4.14. The van der Waals surface area contributed by atoms with E-state index in [0.29, 0.717) is 18.6 Å². The molecule has 136 valence electrons. The highest BCUT2D eigenvalue weighted by Crippen LogP contribution is 2.49. The summed E-state index contributed by atoms with van der Waals surface area (Å²) in [6.07, 6.45) is 6.15. The minimum atomic E-state index is -0.756. The number of esters is 1. The Kier molecular flexibility index (Phi) is 3.72. The monoisotopic (exact) mass is 353 g/mol. The molecule has 3 aliphatic rings. The lowest BCUT2D eigenvalue weighted by Gasteiger charge is -2.48. The smallest absolute Gasteiger partial charge is 0.411 e. The molecular formula is C21H23NO4. The van der Waals surface area contributed by atoms with Gasteiger partial charge in [0.25, 0.3) is 0 Å². The summed E-state index contributed by atoms with van der Waals surface area (Å²) in [5.41, 5.74) is 0.227. The van der Waals surface area contributed by atoms with Gasteiger partial charge in [0, 0.05) is 12.3 Å². The average Bonchev–Trinajstić information content (AvgIpc) is 2.85. The van der Waals surface area contributed by atoms with Crippen LogP contribution in [-0.2, 0) is 14.3 Å². The van der Waals surface area contributed by atoms with Crippen LogP contribution in [0.15, 0.2) is 54.1 Å². The first-order valence-corrected chi connectivity index (χ1v) is 8.98. The first-order valence-electron chi connectivity index (χ1n) is 8.98. The number of amides is 1. The van der Waals surface area contributed by atoms with E-state index in [1.165, 1.54) is 0 Å². The quantitative estimate of drug-likeness (QED) is 0.572. The number of ether oxygens (including phenoxy) is 2. The summed E-state index contributed by atoms with van der Waals surface area (Å²) in [5.74, 6) is -0.466. The Morgan fingerprint density at radius 2 is 2.00 bits per heavy atom. The number of nitrogens with zero attached hydrogens (tertiary/aromatic N) is 1. The molecule has 5 heteroatoms. The van der Waals surface area contributed by atoms with E-state index in [1.54, 1.807) is 4.90 Å². The molecule has 0 unspecified atom stereocenters. The van der Waals surface area contributed by atoms with E-state index >= 15 is 0 Å². The molecule has 5 nitrogen and oxygen atoms in total. The predicted molar refractivity (Wildman–Crippen MR) is 96.6 cm³/mol. The minimum absolute atomic E-state index is 0.115. The van der Waals surface area contributed by atoms with Crippen molar-refractivity contribution in [3.63, 3.8) is 0 Å². The van der Waals surface area contributed by atoms with Gasteiger partial charge in [-0.15, -0.1) is 0 Å². The van der Waals surface area contributed by atoms with Crippen molar-refractivity contribution in [2.24, 2.45) is 0 Å². The van der Waals surface area contributed by atoms with Crippen LogP contribution in [-0.4, -0.2) is 40.8 Å². The van der Waals surface area contributed by atoms with E-state index in [9.17, 15) is 9.59 Å². The molecule has 1 spiro atoms. The second-order valence-corrected chi connectivity index (χ2v) is 8.03. The van der Waals surface area contributed by atoms with Gasteiger partial charge in [-0.3, -0.25) is 4.90 Å². The molecule has 1 fully saturated rings. The van der Waals surface area contributed by atoms with Crippen LogP contribution >= 0.6 is 0 Å². The van der Waals surface area contributed by atoms with E-state index < -0.39 is 17.2 Å². The summed E-state index contributed by atoms with van der Waals surface area (Å²) >= 11 is 0. The molecule has 1 aromatic carbocycles. The largest absolute Gasteiger partial charge is 0.462 e. The SMILES string of the molecule is CC(C)(C)OC(=O)N1[C@H]2C=C[C@@]13CCOC(=O)C3=C[C@H]2c1ccccc1. The summed E-state index contributed by atoms with van der Waals surface area (Å²) in [4.78, 5) is 27.4. The molecule has 0 aliphatic carbocycles. The Bertz CT molecular complexity index is 805. The van der Waals surface area contributed by atoms with E-state index in [0.717, 1.165) is 5.56 Å². The number of cyclic esters (lactones) is 1. The molecule has 0 N–H and O–H groups in total. The molecule has 1 amide bonds. The molecule has 0 radical (unpaired) electrons. The highest BCUT2D eigenvalue weighted by atomic mass is 16.6. The predicted octanol–water partition coefficient (Wildman–Crippen LogP) is 3.57. The maximum absolute atomic E-state index is 13.1. The topological polar surface area (TPSA) is 55.8 Å². The number of rotatable bonds is 1. The van der Waals surface area contributed by atoms with E-state index in [1.807, 2.05) is 69.3 Å². The molecule has 26 heavy (non-hydrogen) atoms. The lowest BCUT2D eigenvalue weighted by Crippen LogP contribution is -2.60. The maximum Gasteiger partial charge on any atom is 0.411 e. The zero-order valence-electron chi connectivity index (χ0n) is 15.3. The van der Waals surface area contributed by atoms with E-state index in [4.69, 9.17) is 9.47 Å². The third kappa shape index (κ3) is 2.54. The Morgan fingerprint density at radius 1 is 1.27 bits per heavy atom. The van der Waals surface area contributed by atoms with Gasteiger partial charge in [-0.1, -0.05) is 48.6 Å². The fourth-order valence-electron chi connectivity index (χ4n) is 4.14. The van der Waals surface area contributed by atoms with Crippen molar-refractivity contribution >= 4 is 12.1 Å². The van der Waals surface area contributed by atoms with Gasteiger partial charge >= 0.3 is 12.1 Å². The van der Waals surface area contributed by atoms with Gasteiger partial charge in [0.2, 0.25) is 0 Å². The summed E-state index contributed by atoms with van der Waals surface area (Å²) < 4.78 is 11.0. The van der Waals surface area contributed by atoms with Crippen molar-refractivity contribution in [3.8, 4) is 0 Å². The molecule has 3 aliphatic heterocycles. The molecule has 3 atom stereocenters. The normalized spacial score (nSPS) is 29.7. The van der Waals surface area contributed by atoms with Crippen LogP contribution < -0.4 is 0 Å². The lowest BCUT2D eigenvalue weighted by molar-refractivity contribution is -0.145. The van der Waals surface area contributed by atoms with Gasteiger partial charge < -0.3 is 9.47 Å². The number of carbonyl (C=O) groups excluding carboxylic acids is 2. The highest BCUT2D eigenvalue weighted by molar-refractivity contribution is 5.95. The summed E-state index contributed by atoms with van der Waals surface area (Å²) in [5, 5.41) is 0. The number of hydrogen-bond donors (Lipinski definition) is 0. The molecule has 1 aromatic rings. The summed E-state index contributed by atoms with van der Waals surface area (Å²) in [7, 11) is 0. The van der Waals surface area contributed by atoms with Crippen LogP contribution in [0, 0.1) is 0 Å². The molecule has 1 saturated heterocycles. The summed E-state index contributed by atoms with van der Waals surface area (Å²) in [6.45, 7) is 5.84. The molecule has 0 aromatic heterocycles. The molecule has 3 heterocycles. The third-order valence-corrected chi connectivity index (χ3v) is 5.19. The zero-order chi connectivity index (χ0) is 18.5. The van der Waals surface area contributed by atoms with Gasteiger partial charge in [0.05, 0.1) is 18.2 Å². The van der Waals surface area contributed by atoms with Gasteiger partial charge in [-0.2, -0.15) is 0 Å². The molecule has 4 rings (SSSR count). The zero-order valence-corrected chi connectivity index (χ0v) is 15.3. The van der Waals surface area contributed by atoms with Crippen molar-refractivity contribution in [1.82, 2.24) is 4.90 Å². The first kappa shape index (κ1) is 16.9. The van der Waals surface area contributed by atoms with E-state index in [-0.39, 0.29) is 17.9 Å². The number of carbonyl (C=O) groups is 2. The molecule has 2 bridgehead atoms. The van der Waals surface area contributed by atoms with Crippen molar-refractivity contribution in [3.05, 3.63) is 59.7 Å². The molecular weight excluding hydrogens is 330 g/mol. The van der Waals surface area contributed by atoms with Crippen molar-refractivity contribution in [2.45, 2.75) is 50.3 Å². The van der Waals surface area contributed by atoms with E-state index in [2.05, 4.69) is 0 Å². The number of hydrogen-bond acceptors (Lipinski definition) is 4. The van der Waals surface area contributed by atoms with Crippen LogP contribution in [0.3, 0.4) is 0 Å². The molecule has 0 saturated carbocycles. The summed E-state index contributed by atoms with van der Waals surface area (Å²) in [6, 6.07) is 9.73. The van der Waals surface area contributed by atoms with Gasteiger partial charge in [0.15, 0.2) is 0 Å². The van der Waals surface area contributed by atoms with Crippen LogP contribution in [0.4, 0.5) is 4.79 Å². The first-order chi connectivity index (χ1) is 12.3. The Labute approximate surface area is 153 Å². The minimum Gasteiger partial charge on any atom is -0.462 e. The average molecular weight is 353 g/mol. The van der Waals surface area contributed by atoms with Gasteiger partial charge in [0.1, 0.15) is 11.1 Å². The van der Waals surface area contributed by atoms with Crippen LogP contribution in [0.25, 0.3) is 0 Å². The third-order valence-electron chi connectivity index (χ3n) is 5.19. The lowest BCUT2D eigenvalue weighted by atomic mass is 9.77. The van der Waals surface area contributed by atoms with Crippen LogP contribution in [0.5, 0.6) is 0 Å². The second-order valence-electron chi connectivity index (χ2n) is 8.03. The van der Waals surface area contributed by atoms with Gasteiger partial charge in [-0.25, -0.2) is 9.59 Å². The Balaban J connectivity index is 1.82.